The van der Waals surface area contributed by atoms with Crippen LogP contribution in [-0.2, 0) is 11.2 Å². The summed E-state index contributed by atoms with van der Waals surface area (Å²) in [6.07, 6.45) is -1.32. The summed E-state index contributed by atoms with van der Waals surface area (Å²) in [5.74, 6) is -1.99. The molecule has 0 aliphatic carbocycles. The first-order chi connectivity index (χ1) is 10.9. The number of aryl methyl sites for hydroxylation is 1. The first-order valence-electron chi connectivity index (χ1n) is 7.35. The summed E-state index contributed by atoms with van der Waals surface area (Å²) in [5, 5.41) is 12.7. The quantitative estimate of drug-likeness (QED) is 0.890. The molecule has 0 fully saturated rings. The Kier molecular flexibility index (Phi) is 5.45. The molecule has 2 N–H and O–H groups in total. The normalized spacial score (nSPS) is 13.4. The van der Waals surface area contributed by atoms with Gasteiger partial charge in [-0.05, 0) is 31.5 Å². The molecule has 5 heteroatoms. The van der Waals surface area contributed by atoms with E-state index in [1.165, 1.54) is 13.0 Å². The molecule has 3 nitrogen and oxygen atoms in total. The number of halogens is 2. The smallest absolute Gasteiger partial charge is 0.224 e. The molecular formula is C18H19F2NO2. The molecule has 122 valence electrons. The maximum atomic E-state index is 13.7. The Morgan fingerprint density at radius 1 is 1.17 bits per heavy atom. The Hall–Kier alpha value is -2.27. The van der Waals surface area contributed by atoms with Crippen LogP contribution < -0.4 is 5.32 Å². The second-order valence-corrected chi connectivity index (χ2v) is 5.60. The Morgan fingerprint density at radius 2 is 1.78 bits per heavy atom. The van der Waals surface area contributed by atoms with E-state index < -0.39 is 29.3 Å². The van der Waals surface area contributed by atoms with Gasteiger partial charge < -0.3 is 10.4 Å². The van der Waals surface area contributed by atoms with Crippen molar-refractivity contribution in [2.45, 2.75) is 32.4 Å². The van der Waals surface area contributed by atoms with Gasteiger partial charge in [-0.15, -0.1) is 0 Å². The predicted octanol–water partition coefficient (Wildman–Crippen LogP) is 3.05. The van der Waals surface area contributed by atoms with Crippen LogP contribution in [0.2, 0.25) is 0 Å². The van der Waals surface area contributed by atoms with Gasteiger partial charge in [0, 0.05) is 0 Å². The van der Waals surface area contributed by atoms with Crippen molar-refractivity contribution in [2.24, 2.45) is 0 Å². The SMILES string of the molecule is Cc1cccc(CC(=O)NC(C)C(O)c2c(F)cccc2F)c1. The maximum Gasteiger partial charge on any atom is 0.224 e. The number of aliphatic hydroxyl groups excluding tert-OH is 1. The van der Waals surface area contributed by atoms with Crippen molar-refractivity contribution in [1.29, 1.82) is 0 Å². The van der Waals surface area contributed by atoms with E-state index in [0.29, 0.717) is 0 Å². The molecule has 1 amide bonds. The predicted molar refractivity (Wildman–Crippen MR) is 83.8 cm³/mol. The van der Waals surface area contributed by atoms with Crippen molar-refractivity contribution in [3.05, 3.63) is 70.8 Å². The minimum Gasteiger partial charge on any atom is -0.386 e. The highest BCUT2D eigenvalue weighted by Crippen LogP contribution is 2.23. The highest BCUT2D eigenvalue weighted by atomic mass is 19.1. The highest BCUT2D eigenvalue weighted by molar-refractivity contribution is 5.79. The van der Waals surface area contributed by atoms with Crippen LogP contribution in [0.4, 0.5) is 8.78 Å². The zero-order valence-corrected chi connectivity index (χ0v) is 13.0. The summed E-state index contributed by atoms with van der Waals surface area (Å²) in [5.41, 5.74) is 1.44. The molecule has 2 aromatic rings. The first-order valence-corrected chi connectivity index (χ1v) is 7.35. The summed E-state index contributed by atoms with van der Waals surface area (Å²) in [4.78, 5) is 12.0. The minimum atomic E-state index is -1.46. The molecule has 0 bridgehead atoms. The van der Waals surface area contributed by atoms with Gasteiger partial charge in [0.05, 0.1) is 18.0 Å². The Bertz CT molecular complexity index is 683. The number of nitrogens with one attached hydrogen (secondary N) is 1. The Labute approximate surface area is 134 Å². The van der Waals surface area contributed by atoms with Gasteiger partial charge in [0.15, 0.2) is 0 Å². The van der Waals surface area contributed by atoms with E-state index in [0.717, 1.165) is 23.3 Å². The molecule has 2 aromatic carbocycles. The van der Waals surface area contributed by atoms with Crippen LogP contribution in [0.25, 0.3) is 0 Å². The van der Waals surface area contributed by atoms with E-state index in [4.69, 9.17) is 0 Å². The maximum absolute atomic E-state index is 13.7. The van der Waals surface area contributed by atoms with E-state index in [-0.39, 0.29) is 12.3 Å². The summed E-state index contributed by atoms with van der Waals surface area (Å²) in [6.45, 7) is 3.43. The first kappa shape index (κ1) is 17.1. The van der Waals surface area contributed by atoms with Crippen molar-refractivity contribution in [1.82, 2.24) is 5.32 Å². The lowest BCUT2D eigenvalue weighted by atomic mass is 10.0. The summed E-state index contributed by atoms with van der Waals surface area (Å²) < 4.78 is 27.4. The van der Waals surface area contributed by atoms with Crippen LogP contribution in [0, 0.1) is 18.6 Å². The molecular weight excluding hydrogens is 300 g/mol. The van der Waals surface area contributed by atoms with Crippen LogP contribution >= 0.6 is 0 Å². The molecule has 2 atom stereocenters. The molecule has 0 saturated heterocycles. The number of carbonyl (C=O) groups excluding carboxylic acids is 1. The lowest BCUT2D eigenvalue weighted by Crippen LogP contribution is -2.38. The van der Waals surface area contributed by atoms with E-state index in [9.17, 15) is 18.7 Å². The average molecular weight is 319 g/mol. The Morgan fingerprint density at radius 3 is 2.39 bits per heavy atom. The van der Waals surface area contributed by atoms with Gasteiger partial charge in [-0.3, -0.25) is 4.79 Å². The van der Waals surface area contributed by atoms with Gasteiger partial charge >= 0.3 is 0 Å². The van der Waals surface area contributed by atoms with E-state index in [2.05, 4.69) is 5.32 Å². The number of aliphatic hydroxyl groups is 1. The van der Waals surface area contributed by atoms with Crippen molar-refractivity contribution in [3.63, 3.8) is 0 Å². The number of rotatable bonds is 5. The fourth-order valence-corrected chi connectivity index (χ4v) is 2.43. The Balaban J connectivity index is 2.03. The lowest BCUT2D eigenvalue weighted by Gasteiger charge is -2.21. The third kappa shape index (κ3) is 4.36. The highest BCUT2D eigenvalue weighted by Gasteiger charge is 2.24. The van der Waals surface area contributed by atoms with Crippen molar-refractivity contribution in [3.8, 4) is 0 Å². The topological polar surface area (TPSA) is 49.3 Å². The molecule has 0 radical (unpaired) electrons. The minimum absolute atomic E-state index is 0.137. The van der Waals surface area contributed by atoms with E-state index in [1.54, 1.807) is 0 Å². The second-order valence-electron chi connectivity index (χ2n) is 5.60. The van der Waals surface area contributed by atoms with Crippen LogP contribution in [0.1, 0.15) is 29.7 Å². The van der Waals surface area contributed by atoms with Gasteiger partial charge in [0.1, 0.15) is 17.7 Å². The molecule has 0 aliphatic heterocycles. The number of carbonyl (C=O) groups is 1. The molecule has 0 aliphatic rings. The molecule has 0 aromatic heterocycles. The van der Waals surface area contributed by atoms with E-state index >= 15 is 0 Å². The largest absolute Gasteiger partial charge is 0.386 e. The molecule has 0 saturated carbocycles. The van der Waals surface area contributed by atoms with Crippen LogP contribution in [-0.4, -0.2) is 17.1 Å². The van der Waals surface area contributed by atoms with Crippen molar-refractivity contribution < 1.29 is 18.7 Å². The molecule has 0 heterocycles. The van der Waals surface area contributed by atoms with Crippen LogP contribution in [0.5, 0.6) is 0 Å². The lowest BCUT2D eigenvalue weighted by molar-refractivity contribution is -0.121. The molecule has 2 rings (SSSR count). The van der Waals surface area contributed by atoms with Crippen LogP contribution in [0.3, 0.4) is 0 Å². The van der Waals surface area contributed by atoms with Crippen molar-refractivity contribution >= 4 is 5.91 Å². The van der Waals surface area contributed by atoms with Gasteiger partial charge in [-0.2, -0.15) is 0 Å². The number of hydrogen-bond acceptors (Lipinski definition) is 2. The van der Waals surface area contributed by atoms with Gasteiger partial charge in [0.2, 0.25) is 5.91 Å². The average Bonchev–Trinajstić information content (AvgIpc) is 2.46. The fraction of sp³-hybridized carbons (Fsp3) is 0.278. The van der Waals surface area contributed by atoms with Gasteiger partial charge in [-0.1, -0.05) is 35.9 Å². The second kappa shape index (κ2) is 7.33. The molecule has 23 heavy (non-hydrogen) atoms. The summed E-state index contributed by atoms with van der Waals surface area (Å²) in [7, 11) is 0. The molecule has 0 spiro atoms. The van der Waals surface area contributed by atoms with Gasteiger partial charge in [0.25, 0.3) is 0 Å². The third-order valence-electron chi connectivity index (χ3n) is 3.60. The number of hydrogen-bond donors (Lipinski definition) is 2. The third-order valence-corrected chi connectivity index (χ3v) is 3.60. The standard InChI is InChI=1S/C18H19F2NO2/c1-11-5-3-6-13(9-11)10-16(22)21-12(2)18(23)17-14(19)7-4-8-15(17)20/h3-9,12,18,23H,10H2,1-2H3,(H,21,22). The number of benzene rings is 2. The zero-order valence-electron chi connectivity index (χ0n) is 13.0. The van der Waals surface area contributed by atoms with Crippen molar-refractivity contribution in [2.75, 3.05) is 0 Å². The number of amides is 1. The summed E-state index contributed by atoms with van der Waals surface area (Å²) in [6, 6.07) is 10.0. The monoisotopic (exact) mass is 319 g/mol. The van der Waals surface area contributed by atoms with E-state index in [1.807, 2.05) is 31.2 Å². The fourth-order valence-electron chi connectivity index (χ4n) is 2.43. The molecule has 2 unspecified atom stereocenters. The van der Waals surface area contributed by atoms with Crippen LogP contribution in [0.15, 0.2) is 42.5 Å². The summed E-state index contributed by atoms with van der Waals surface area (Å²) >= 11 is 0. The van der Waals surface area contributed by atoms with Gasteiger partial charge in [-0.25, -0.2) is 8.78 Å². The zero-order chi connectivity index (χ0) is 17.0.